The number of unbranched alkanes of at least 4 members (excludes halogenated alkanes) is 13. The third kappa shape index (κ3) is 68.9. The first-order valence-corrected chi connectivity index (χ1v) is 46.4. The number of nitrogens with one attached hydrogen (secondary N) is 7. The van der Waals surface area contributed by atoms with E-state index in [0.717, 1.165) is 89.9 Å². The lowest BCUT2D eigenvalue weighted by Crippen LogP contribution is -2.44. The smallest absolute Gasteiger partial charge is 0.335 e. The van der Waals surface area contributed by atoms with Crippen molar-refractivity contribution in [3.8, 4) is 11.5 Å². The van der Waals surface area contributed by atoms with Crippen molar-refractivity contribution in [1.29, 1.82) is 0 Å². The average molecular weight is 1880 g/mol. The Morgan fingerprint density at radius 1 is 0.295 bits per heavy atom. The first kappa shape index (κ1) is 120. The number of aromatic carboxylic acids is 2. The van der Waals surface area contributed by atoms with Gasteiger partial charge in [0.05, 0.1) is 102 Å². The third-order valence-electron chi connectivity index (χ3n) is 20.4. The maximum Gasteiger partial charge on any atom is 0.335 e. The van der Waals surface area contributed by atoms with Gasteiger partial charge in [0, 0.05) is 103 Å². The number of carboxylic acid groups (broad SMARTS) is 6. The zero-order valence-electron chi connectivity index (χ0n) is 77.6. The van der Waals surface area contributed by atoms with E-state index >= 15 is 0 Å². The fraction of sp³-hybridized carbons (Fsp3) is 0.699. The van der Waals surface area contributed by atoms with Crippen molar-refractivity contribution >= 4 is 94.4 Å². The van der Waals surface area contributed by atoms with Crippen LogP contribution in [0.15, 0.2) is 48.5 Å². The molecule has 39 nitrogen and oxygen atoms in total. The van der Waals surface area contributed by atoms with Gasteiger partial charge in [0.15, 0.2) is 5.78 Å². The number of carboxylic acids is 6. The second kappa shape index (κ2) is 80.6. The maximum absolute atomic E-state index is 13.1. The van der Waals surface area contributed by atoms with Crippen LogP contribution >= 0.6 is 0 Å². The normalized spacial score (nSPS) is 12.1. The van der Waals surface area contributed by atoms with Gasteiger partial charge in [0.1, 0.15) is 67.4 Å². The van der Waals surface area contributed by atoms with Crippen molar-refractivity contribution < 1.29 is 155 Å². The van der Waals surface area contributed by atoms with E-state index in [1.54, 1.807) is 31.3 Å². The molecule has 13 N–H and O–H groups in total. The highest BCUT2D eigenvalue weighted by Gasteiger charge is 2.29. The molecular weight excluding hydrogens is 1730 g/mol. The predicted molar refractivity (Wildman–Crippen MR) is 484 cm³/mol. The van der Waals surface area contributed by atoms with Crippen LogP contribution in [-0.2, 0) is 105 Å². The molecule has 0 aromatic heterocycles. The van der Waals surface area contributed by atoms with Gasteiger partial charge < -0.3 is 115 Å². The van der Waals surface area contributed by atoms with E-state index < -0.39 is 72.1 Å². The molecule has 5 atom stereocenters. The number of ether oxygens (including phenoxy) is 10. The van der Waals surface area contributed by atoms with Crippen LogP contribution in [0.5, 0.6) is 11.5 Å². The van der Waals surface area contributed by atoms with E-state index in [2.05, 4.69) is 37.2 Å². The fourth-order valence-electron chi connectivity index (χ4n) is 12.9. The molecule has 0 bridgehead atoms. The van der Waals surface area contributed by atoms with Crippen LogP contribution in [-0.4, -0.2) is 295 Å². The Hall–Kier alpha value is -10.00. The van der Waals surface area contributed by atoms with Crippen molar-refractivity contribution in [3.05, 3.63) is 59.7 Å². The summed E-state index contributed by atoms with van der Waals surface area (Å²) in [6, 6.07) is 9.70. The number of hydrogen-bond acceptors (Lipinski definition) is 27. The standard InChI is InChI=1S/C54H87N5O19.C39H62N2O13/c1-3-14-43(55-2)46(61)26-20-39(51(67)59-45(54(72)73)25-27-50(65)66)15-10-11-28-56-48(63)37-77-36-34-75-32-29-57-49(64)38-76-35-33-74-30-13-16-41(60)21-24-44(53(70)71)58-47(62)17-9-7-5-4-6-8-12-31-78-42-22-18-40(19-23-42)52(68)69;1-2-19-40-37(45)30-53-27-24-50-21-10-12-34(43)29-52-26-25-51-23-20-41-36(44)18-15-32(39(48)49)28-33(42)11-8-6-4-3-5-7-9-22-54-35-16-13-31(14-17-35)38(46)47/h18-19,22-23,39,43-45,55H,3-17,20-21,24-38H2,1-2H3,(H,56,63)(H,57,64)(H,58,62)(H,59,67)(H,65,66)(H,68,69)(H,70,71)(H,72,73);13-14,16-17,32H,2-12,15,18-30H2,1H3,(H,40,45)(H,41,44)(H,46,47)(H,48,49)/t39-,43+,44+,45+;32-/m11/s1. The molecule has 0 spiro atoms. The second-order valence-electron chi connectivity index (χ2n) is 31.6. The lowest BCUT2D eigenvalue weighted by atomic mass is 9.92. The second-order valence-corrected chi connectivity index (χ2v) is 31.6. The van der Waals surface area contributed by atoms with Crippen LogP contribution in [0.4, 0.5) is 0 Å². The molecule has 0 aliphatic carbocycles. The molecule has 39 heteroatoms. The molecule has 748 valence electrons. The van der Waals surface area contributed by atoms with Gasteiger partial charge in [-0.1, -0.05) is 90.9 Å². The molecule has 0 radical (unpaired) electrons. The van der Waals surface area contributed by atoms with Crippen LogP contribution in [0.25, 0.3) is 0 Å². The van der Waals surface area contributed by atoms with E-state index in [9.17, 15) is 92.0 Å². The summed E-state index contributed by atoms with van der Waals surface area (Å²) in [5.74, 6) is -9.59. The first-order chi connectivity index (χ1) is 63.6. The van der Waals surface area contributed by atoms with Gasteiger partial charge in [-0.2, -0.15) is 0 Å². The topological polar surface area (TPSA) is 571 Å². The molecule has 2 rings (SSSR count). The van der Waals surface area contributed by atoms with E-state index in [1.807, 2.05) is 13.8 Å². The van der Waals surface area contributed by atoms with E-state index in [4.69, 9.17) is 62.7 Å². The van der Waals surface area contributed by atoms with Gasteiger partial charge in [-0.3, -0.25) is 57.5 Å². The molecule has 0 aliphatic heterocycles. The number of hydrogen-bond donors (Lipinski definition) is 13. The molecule has 132 heavy (non-hydrogen) atoms. The number of benzene rings is 2. The number of ketones is 4. The lowest BCUT2D eigenvalue weighted by molar-refractivity contribution is -0.144. The summed E-state index contributed by atoms with van der Waals surface area (Å²) < 4.78 is 54.1. The van der Waals surface area contributed by atoms with Crippen molar-refractivity contribution in [1.82, 2.24) is 37.2 Å². The Morgan fingerprint density at radius 3 is 1.18 bits per heavy atom. The van der Waals surface area contributed by atoms with Crippen LogP contribution < -0.4 is 46.7 Å². The third-order valence-corrected chi connectivity index (χ3v) is 20.4. The van der Waals surface area contributed by atoms with Crippen LogP contribution in [0.2, 0.25) is 0 Å². The summed E-state index contributed by atoms with van der Waals surface area (Å²) in [5.41, 5.74) is 0.429. The molecule has 6 amide bonds. The molecule has 0 unspecified atom stereocenters. The number of carbonyl (C=O) groups is 16. The lowest BCUT2D eigenvalue weighted by Gasteiger charge is -2.21. The van der Waals surface area contributed by atoms with Gasteiger partial charge in [-0.15, -0.1) is 0 Å². The number of Topliss-reactive ketones (excluding diaryl/α,β-unsaturated/α-hetero) is 4. The summed E-state index contributed by atoms with van der Waals surface area (Å²) in [7, 11) is 1.69. The summed E-state index contributed by atoms with van der Waals surface area (Å²) in [4.78, 5) is 191. The van der Waals surface area contributed by atoms with Gasteiger partial charge in [0.2, 0.25) is 35.4 Å². The summed E-state index contributed by atoms with van der Waals surface area (Å²) in [6.07, 6.45) is 18.0. The van der Waals surface area contributed by atoms with Crippen LogP contribution in [0.3, 0.4) is 0 Å². The van der Waals surface area contributed by atoms with Crippen LogP contribution in [0.1, 0.15) is 259 Å². The number of aliphatic carboxylic acids is 4. The zero-order chi connectivity index (χ0) is 97.4. The molecule has 0 saturated carbocycles. The molecule has 2 aromatic rings. The van der Waals surface area contributed by atoms with Gasteiger partial charge in [-0.25, -0.2) is 19.2 Å². The Bertz CT molecular complexity index is 3590. The number of carbonyl (C=O) groups excluding carboxylic acids is 10. The fourth-order valence-corrected chi connectivity index (χ4v) is 12.9. The number of rotatable bonds is 89. The van der Waals surface area contributed by atoms with E-state index in [1.165, 1.54) is 24.3 Å². The van der Waals surface area contributed by atoms with Gasteiger partial charge in [-0.05, 0) is 145 Å². The van der Waals surface area contributed by atoms with E-state index in [-0.39, 0.29) is 240 Å². The molecule has 0 saturated heterocycles. The molecule has 2 aromatic carbocycles. The minimum absolute atomic E-state index is 0.000107. The highest BCUT2D eigenvalue weighted by atomic mass is 16.5. The summed E-state index contributed by atoms with van der Waals surface area (Å²) in [5, 5.41) is 74.2. The zero-order valence-corrected chi connectivity index (χ0v) is 77.6. The monoisotopic (exact) mass is 1880 g/mol. The minimum atomic E-state index is -1.38. The molecular formula is C93H149N7O32. The highest BCUT2D eigenvalue weighted by Crippen LogP contribution is 2.22. The maximum atomic E-state index is 13.1. The Labute approximate surface area is 774 Å². The van der Waals surface area contributed by atoms with Crippen molar-refractivity contribution in [2.45, 2.75) is 257 Å². The molecule has 0 fully saturated rings. The number of likely N-dealkylation sites (N-methyl/N-ethyl adjacent to an activating group) is 1. The minimum Gasteiger partial charge on any atom is -0.494 e. The van der Waals surface area contributed by atoms with Crippen molar-refractivity contribution in [2.75, 3.05) is 152 Å². The summed E-state index contributed by atoms with van der Waals surface area (Å²) in [6.45, 7) is 8.77. The molecule has 0 heterocycles. The highest BCUT2D eigenvalue weighted by molar-refractivity contribution is 5.90. The Morgan fingerprint density at radius 2 is 0.712 bits per heavy atom. The number of amides is 6. The van der Waals surface area contributed by atoms with Crippen molar-refractivity contribution in [3.63, 3.8) is 0 Å². The Kier molecular flexibility index (Phi) is 73.3. The average Bonchev–Trinajstić information content (AvgIpc) is 0.985. The first-order valence-electron chi connectivity index (χ1n) is 46.4. The molecule has 0 aliphatic rings. The quantitative estimate of drug-likeness (QED) is 0.0277. The van der Waals surface area contributed by atoms with Gasteiger partial charge >= 0.3 is 35.8 Å². The van der Waals surface area contributed by atoms with Crippen molar-refractivity contribution in [2.24, 2.45) is 11.8 Å². The SMILES string of the molecule is CCCNC(=O)COCCOCCCC(=O)COCCOCCNC(=O)CC[C@H](CC(=O)CCCCCCCCCOc1ccc(C(=O)O)cc1)C(=O)O.CCC[C@H](NC)C(=O)CC[C@@H](CCCCNC(=O)COCCOCCNC(=O)COCCOCCCC(=O)CC[C@H](NC(=O)CCCCCCCCCOc1ccc(C(=O)O)cc1)C(=O)O)C(=O)N[C@@H](CCC(=O)O)C(=O)O. The Balaban J connectivity index is 0.00000141. The van der Waals surface area contributed by atoms with Gasteiger partial charge in [0.25, 0.3) is 0 Å². The van der Waals surface area contributed by atoms with E-state index in [0.29, 0.717) is 115 Å². The predicted octanol–water partition coefficient (Wildman–Crippen LogP) is 8.22. The van der Waals surface area contributed by atoms with Crippen LogP contribution in [0, 0.1) is 11.8 Å². The largest absolute Gasteiger partial charge is 0.494 e. The summed E-state index contributed by atoms with van der Waals surface area (Å²) >= 11 is 0.